The maximum Gasteiger partial charge on any atom is 0.254 e. The van der Waals surface area contributed by atoms with Crippen molar-refractivity contribution in [2.45, 2.75) is 25.3 Å². The van der Waals surface area contributed by atoms with Gasteiger partial charge in [0.25, 0.3) is 5.91 Å². The minimum absolute atomic E-state index is 0.0541. The molecule has 0 aliphatic carbocycles. The zero-order valence-corrected chi connectivity index (χ0v) is 20.3. The predicted octanol–water partition coefficient (Wildman–Crippen LogP) is 4.30. The number of hydrogen-bond donors (Lipinski definition) is 1. The lowest BCUT2D eigenvalue weighted by Gasteiger charge is -2.39. The van der Waals surface area contributed by atoms with E-state index in [1.165, 1.54) is 11.1 Å². The Kier molecular flexibility index (Phi) is 6.72. The highest BCUT2D eigenvalue weighted by molar-refractivity contribution is 6.04. The highest BCUT2D eigenvalue weighted by Crippen LogP contribution is 2.42. The second kappa shape index (κ2) is 10.3. The van der Waals surface area contributed by atoms with Crippen molar-refractivity contribution in [3.05, 3.63) is 77.7 Å². The number of nitrogens with two attached hydrogens (primary N) is 1. The molecule has 3 heterocycles. The molecule has 10 heteroatoms. The monoisotopic (exact) mass is 500 g/mol. The summed E-state index contributed by atoms with van der Waals surface area (Å²) < 4.78 is 7.62. The van der Waals surface area contributed by atoms with Crippen molar-refractivity contribution in [2.24, 2.45) is 16.9 Å². The number of ether oxygens (including phenoxy) is 1. The molecule has 2 N–H and O–H groups in total. The van der Waals surface area contributed by atoms with Crippen LogP contribution in [0.4, 0.5) is 5.82 Å². The Morgan fingerprint density at radius 2 is 1.68 bits per heavy atom. The molecule has 1 aromatic heterocycles. The van der Waals surface area contributed by atoms with Crippen LogP contribution in [0.3, 0.4) is 0 Å². The van der Waals surface area contributed by atoms with Crippen LogP contribution in [-0.2, 0) is 4.79 Å². The molecule has 0 bridgehead atoms. The van der Waals surface area contributed by atoms with Gasteiger partial charge < -0.3 is 15.4 Å². The third-order valence-corrected chi connectivity index (χ3v) is 7.10. The third kappa shape index (κ3) is 4.69. The van der Waals surface area contributed by atoms with Gasteiger partial charge in [-0.25, -0.2) is 9.69 Å². The molecule has 2 aromatic carbocycles. The largest absolute Gasteiger partial charge is 0.457 e. The van der Waals surface area contributed by atoms with Gasteiger partial charge in [-0.1, -0.05) is 24.8 Å². The number of aromatic nitrogens is 2. The summed E-state index contributed by atoms with van der Waals surface area (Å²) in [7, 11) is 0. The SMILES string of the molecule is C=CC(=O)N1CCC([C@H]2CCN(N=O)c3c(C(N)=O)c(-c4ccc(Oc5ccccc5)cc4)nn32)CC1. The minimum atomic E-state index is -0.679. The van der Waals surface area contributed by atoms with Gasteiger partial charge >= 0.3 is 0 Å². The van der Waals surface area contributed by atoms with E-state index in [0.717, 1.165) is 12.8 Å². The van der Waals surface area contributed by atoms with Crippen LogP contribution in [0.15, 0.2) is 72.5 Å². The third-order valence-electron chi connectivity index (χ3n) is 7.10. The molecule has 5 rings (SSSR count). The molecule has 2 amide bonds. The first kappa shape index (κ1) is 24.2. The summed E-state index contributed by atoms with van der Waals surface area (Å²) in [6.45, 7) is 5.17. The van der Waals surface area contributed by atoms with E-state index in [1.54, 1.807) is 21.7 Å². The molecule has 2 aliphatic rings. The summed E-state index contributed by atoms with van der Waals surface area (Å²) in [6.07, 6.45) is 3.54. The first-order valence-corrected chi connectivity index (χ1v) is 12.3. The van der Waals surface area contributed by atoms with E-state index < -0.39 is 5.91 Å². The number of nitrogens with zero attached hydrogens (tertiary/aromatic N) is 5. The van der Waals surface area contributed by atoms with Crippen molar-refractivity contribution in [3.63, 3.8) is 0 Å². The fraction of sp³-hybridized carbons (Fsp3) is 0.296. The fourth-order valence-electron chi connectivity index (χ4n) is 5.27. The molecule has 190 valence electrons. The lowest BCUT2D eigenvalue weighted by molar-refractivity contribution is -0.127. The topological polar surface area (TPSA) is 123 Å². The number of anilines is 1. The Bertz CT molecular complexity index is 1310. The standard InChI is InChI=1S/C27H28N6O4/c1-2-23(34)31-15-12-18(13-16-31)22-14-17-32(30-36)27-24(26(28)35)25(29-33(22)27)19-8-10-21(11-9-19)37-20-6-4-3-5-7-20/h2-11,18,22H,1,12-17H2,(H2,28,35)/t22-/m1/s1. The summed E-state index contributed by atoms with van der Waals surface area (Å²) in [6, 6.07) is 16.6. The van der Waals surface area contributed by atoms with Crippen LogP contribution in [0.2, 0.25) is 0 Å². The van der Waals surface area contributed by atoms with Crippen LogP contribution in [0, 0.1) is 10.8 Å². The van der Waals surface area contributed by atoms with Crippen molar-refractivity contribution in [1.29, 1.82) is 0 Å². The highest BCUT2D eigenvalue weighted by Gasteiger charge is 2.39. The second-order valence-corrected chi connectivity index (χ2v) is 9.22. The van der Waals surface area contributed by atoms with E-state index in [0.29, 0.717) is 54.6 Å². The summed E-state index contributed by atoms with van der Waals surface area (Å²) in [5.74, 6) is 1.13. The number of carbonyl (C=O) groups excluding carboxylic acids is 2. The van der Waals surface area contributed by atoms with Crippen LogP contribution >= 0.6 is 0 Å². The Morgan fingerprint density at radius 1 is 1.00 bits per heavy atom. The van der Waals surface area contributed by atoms with Crippen LogP contribution in [-0.4, -0.2) is 46.1 Å². The number of para-hydroxylation sites is 1. The van der Waals surface area contributed by atoms with E-state index >= 15 is 0 Å². The molecule has 0 unspecified atom stereocenters. The molecule has 1 fully saturated rings. The summed E-state index contributed by atoms with van der Waals surface area (Å²) in [5, 5.41) is 9.24. The lowest BCUT2D eigenvalue weighted by atomic mass is 9.86. The Balaban J connectivity index is 1.47. The molecule has 1 saturated heterocycles. The van der Waals surface area contributed by atoms with E-state index in [-0.39, 0.29) is 23.4 Å². The van der Waals surface area contributed by atoms with Gasteiger partial charge in [-0.2, -0.15) is 5.10 Å². The summed E-state index contributed by atoms with van der Waals surface area (Å²) in [5.41, 5.74) is 7.06. The van der Waals surface area contributed by atoms with Crippen LogP contribution in [0.25, 0.3) is 11.3 Å². The van der Waals surface area contributed by atoms with E-state index in [1.807, 2.05) is 42.5 Å². The minimum Gasteiger partial charge on any atom is -0.457 e. The molecule has 2 aliphatic heterocycles. The first-order chi connectivity index (χ1) is 18.0. The van der Waals surface area contributed by atoms with Gasteiger partial charge in [-0.15, -0.1) is 4.91 Å². The Hall–Kier alpha value is -4.47. The molecule has 3 aromatic rings. The predicted molar refractivity (Wildman–Crippen MR) is 139 cm³/mol. The van der Waals surface area contributed by atoms with Crippen LogP contribution < -0.4 is 15.5 Å². The molecular weight excluding hydrogens is 472 g/mol. The number of likely N-dealkylation sites (tertiary alicyclic amines) is 1. The normalized spacial score (nSPS) is 17.7. The average Bonchev–Trinajstić information content (AvgIpc) is 3.34. The number of benzene rings is 2. The number of fused-ring (bicyclic) bond motifs is 1. The van der Waals surface area contributed by atoms with E-state index in [2.05, 4.69) is 11.9 Å². The number of hydrogen-bond acceptors (Lipinski definition) is 6. The quantitative estimate of drug-likeness (QED) is 0.381. The van der Waals surface area contributed by atoms with Gasteiger partial charge in [-0.05, 0) is 67.7 Å². The van der Waals surface area contributed by atoms with Crippen molar-refractivity contribution in [1.82, 2.24) is 14.7 Å². The van der Waals surface area contributed by atoms with Gasteiger partial charge in [-0.3, -0.25) is 9.59 Å². The molecule has 1 atom stereocenters. The first-order valence-electron chi connectivity index (χ1n) is 12.3. The van der Waals surface area contributed by atoms with Crippen molar-refractivity contribution in [2.75, 3.05) is 24.6 Å². The maximum absolute atomic E-state index is 12.7. The van der Waals surface area contributed by atoms with Crippen molar-refractivity contribution >= 4 is 17.6 Å². The average molecular weight is 501 g/mol. The zero-order valence-electron chi connectivity index (χ0n) is 20.3. The van der Waals surface area contributed by atoms with Gasteiger partial charge in [0.15, 0.2) is 5.82 Å². The molecular formula is C27H28N6O4. The number of rotatable bonds is 7. The number of carbonyl (C=O) groups is 2. The number of piperidine rings is 1. The lowest BCUT2D eigenvalue weighted by Crippen LogP contribution is -2.42. The number of primary amides is 1. The second-order valence-electron chi connectivity index (χ2n) is 9.22. The van der Waals surface area contributed by atoms with Crippen molar-refractivity contribution < 1.29 is 14.3 Å². The van der Waals surface area contributed by atoms with E-state index in [9.17, 15) is 14.5 Å². The molecule has 10 nitrogen and oxygen atoms in total. The molecule has 0 radical (unpaired) electrons. The Labute approximate surface area is 214 Å². The molecule has 0 spiro atoms. The van der Waals surface area contributed by atoms with Gasteiger partial charge in [0, 0.05) is 25.2 Å². The van der Waals surface area contributed by atoms with Gasteiger partial charge in [0.05, 0.1) is 11.3 Å². The van der Waals surface area contributed by atoms with Gasteiger partial charge in [0.2, 0.25) is 5.91 Å². The highest BCUT2D eigenvalue weighted by atomic mass is 16.5. The molecule has 37 heavy (non-hydrogen) atoms. The maximum atomic E-state index is 12.7. The van der Waals surface area contributed by atoms with E-state index in [4.69, 9.17) is 15.6 Å². The summed E-state index contributed by atoms with van der Waals surface area (Å²) in [4.78, 5) is 38.2. The fourth-order valence-corrected chi connectivity index (χ4v) is 5.27. The number of nitroso groups, excluding NO2 is 1. The Morgan fingerprint density at radius 3 is 2.30 bits per heavy atom. The zero-order chi connectivity index (χ0) is 25.9. The van der Waals surface area contributed by atoms with Crippen LogP contribution in [0.1, 0.15) is 35.7 Å². The van der Waals surface area contributed by atoms with Crippen molar-refractivity contribution in [3.8, 4) is 22.8 Å². The smallest absolute Gasteiger partial charge is 0.254 e. The van der Waals surface area contributed by atoms with Crippen LogP contribution in [0.5, 0.6) is 11.5 Å². The van der Waals surface area contributed by atoms with Gasteiger partial charge in [0.1, 0.15) is 22.8 Å². The molecule has 0 saturated carbocycles. The number of amides is 2. The summed E-state index contributed by atoms with van der Waals surface area (Å²) >= 11 is 0.